The zero-order chi connectivity index (χ0) is 11.1. The summed E-state index contributed by atoms with van der Waals surface area (Å²) in [6, 6.07) is 0.748. The molecule has 1 heterocycles. The van der Waals surface area contributed by atoms with E-state index in [1.807, 2.05) is 0 Å². The van der Waals surface area contributed by atoms with Crippen molar-refractivity contribution in [2.75, 3.05) is 33.7 Å². The second-order valence-electron chi connectivity index (χ2n) is 4.24. The molecule has 88 valence electrons. The van der Waals surface area contributed by atoms with Crippen LogP contribution in [0.3, 0.4) is 0 Å². The summed E-state index contributed by atoms with van der Waals surface area (Å²) in [5, 5.41) is 5.93. The molecule has 4 nitrogen and oxygen atoms in total. The van der Waals surface area contributed by atoms with E-state index in [1.54, 1.807) is 7.05 Å². The highest BCUT2D eigenvalue weighted by Gasteiger charge is 2.19. The molecular weight excluding hydrogens is 190 g/mol. The van der Waals surface area contributed by atoms with Gasteiger partial charge in [0.2, 0.25) is 5.91 Å². The molecule has 15 heavy (non-hydrogen) atoms. The highest BCUT2D eigenvalue weighted by Crippen LogP contribution is 2.16. The number of likely N-dealkylation sites (tertiary alicyclic amines) is 1. The average Bonchev–Trinajstić information content (AvgIpc) is 2.63. The van der Waals surface area contributed by atoms with Gasteiger partial charge in [0.05, 0.1) is 0 Å². The zero-order valence-corrected chi connectivity index (χ0v) is 9.88. The minimum Gasteiger partial charge on any atom is -0.359 e. The number of carbonyl (C=O) groups is 1. The maximum absolute atomic E-state index is 10.9. The highest BCUT2D eigenvalue weighted by atomic mass is 16.1. The largest absolute Gasteiger partial charge is 0.359 e. The van der Waals surface area contributed by atoms with Crippen LogP contribution in [0.5, 0.6) is 0 Å². The van der Waals surface area contributed by atoms with Gasteiger partial charge in [-0.05, 0) is 39.4 Å². The van der Waals surface area contributed by atoms with E-state index < -0.39 is 0 Å². The molecule has 0 aliphatic carbocycles. The second-order valence-corrected chi connectivity index (χ2v) is 4.24. The fourth-order valence-electron chi connectivity index (χ4n) is 2.06. The van der Waals surface area contributed by atoms with Gasteiger partial charge in [0, 0.05) is 26.1 Å². The van der Waals surface area contributed by atoms with Gasteiger partial charge in [-0.25, -0.2) is 0 Å². The van der Waals surface area contributed by atoms with E-state index in [4.69, 9.17) is 0 Å². The Balaban J connectivity index is 1.95. The molecule has 0 radical (unpaired) electrons. The van der Waals surface area contributed by atoms with E-state index >= 15 is 0 Å². The summed E-state index contributed by atoms with van der Waals surface area (Å²) in [5.74, 6) is 0.112. The molecule has 1 aliphatic heterocycles. The summed E-state index contributed by atoms with van der Waals surface area (Å²) in [6.45, 7) is 3.05. The molecule has 1 atom stereocenters. The second kappa shape index (κ2) is 6.80. The predicted octanol–water partition coefficient (Wildman–Crippen LogP) is 0.196. The highest BCUT2D eigenvalue weighted by molar-refractivity contribution is 5.75. The van der Waals surface area contributed by atoms with Gasteiger partial charge < -0.3 is 15.5 Å². The van der Waals surface area contributed by atoms with Crippen molar-refractivity contribution in [3.63, 3.8) is 0 Å². The lowest BCUT2D eigenvalue weighted by atomic mass is 10.1. The minimum atomic E-state index is 0.112. The predicted molar refractivity (Wildman–Crippen MR) is 61.8 cm³/mol. The third-order valence-electron chi connectivity index (χ3n) is 3.13. The van der Waals surface area contributed by atoms with Crippen molar-refractivity contribution in [3.8, 4) is 0 Å². The van der Waals surface area contributed by atoms with E-state index in [-0.39, 0.29) is 5.91 Å². The minimum absolute atomic E-state index is 0.112. The van der Waals surface area contributed by atoms with Gasteiger partial charge in [-0.15, -0.1) is 0 Å². The summed E-state index contributed by atoms with van der Waals surface area (Å²) in [5.41, 5.74) is 0. The monoisotopic (exact) mass is 213 g/mol. The third-order valence-corrected chi connectivity index (χ3v) is 3.13. The van der Waals surface area contributed by atoms with E-state index in [2.05, 4.69) is 22.6 Å². The van der Waals surface area contributed by atoms with Crippen molar-refractivity contribution >= 4 is 5.91 Å². The first-order chi connectivity index (χ1) is 7.24. The first kappa shape index (κ1) is 12.5. The molecule has 2 N–H and O–H groups in total. The third kappa shape index (κ3) is 4.62. The van der Waals surface area contributed by atoms with Crippen LogP contribution in [0.4, 0.5) is 0 Å². The maximum Gasteiger partial charge on any atom is 0.221 e. The SMILES string of the molecule is CNC(=O)CCNCCC1CCCN1C. The van der Waals surface area contributed by atoms with Crippen molar-refractivity contribution in [1.82, 2.24) is 15.5 Å². The quantitative estimate of drug-likeness (QED) is 0.619. The summed E-state index contributed by atoms with van der Waals surface area (Å²) in [6.07, 6.45) is 4.44. The van der Waals surface area contributed by atoms with Crippen LogP contribution >= 0.6 is 0 Å². The number of hydrogen-bond acceptors (Lipinski definition) is 3. The molecule has 1 saturated heterocycles. The maximum atomic E-state index is 10.9. The molecule has 0 aromatic rings. The van der Waals surface area contributed by atoms with Crippen LogP contribution in [-0.4, -0.2) is 50.6 Å². The molecule has 0 bridgehead atoms. The van der Waals surface area contributed by atoms with E-state index in [0.29, 0.717) is 6.42 Å². The zero-order valence-electron chi connectivity index (χ0n) is 9.88. The van der Waals surface area contributed by atoms with E-state index in [0.717, 1.165) is 19.1 Å². The number of rotatable bonds is 6. The molecule has 1 fully saturated rings. The lowest BCUT2D eigenvalue weighted by Gasteiger charge is -2.19. The molecule has 1 rings (SSSR count). The van der Waals surface area contributed by atoms with Gasteiger partial charge in [-0.2, -0.15) is 0 Å². The Labute approximate surface area is 92.4 Å². The van der Waals surface area contributed by atoms with Crippen LogP contribution in [0.2, 0.25) is 0 Å². The van der Waals surface area contributed by atoms with Crippen LogP contribution in [0.15, 0.2) is 0 Å². The smallest absolute Gasteiger partial charge is 0.221 e. The molecule has 4 heteroatoms. The normalized spacial score (nSPS) is 21.9. The van der Waals surface area contributed by atoms with Crippen molar-refractivity contribution in [2.45, 2.75) is 31.7 Å². The van der Waals surface area contributed by atoms with Gasteiger partial charge >= 0.3 is 0 Å². The summed E-state index contributed by atoms with van der Waals surface area (Å²) in [4.78, 5) is 13.4. The topological polar surface area (TPSA) is 44.4 Å². The van der Waals surface area contributed by atoms with Crippen molar-refractivity contribution < 1.29 is 4.79 Å². The average molecular weight is 213 g/mol. The Hall–Kier alpha value is -0.610. The van der Waals surface area contributed by atoms with Gasteiger partial charge in [-0.3, -0.25) is 4.79 Å². The molecule has 0 aromatic carbocycles. The van der Waals surface area contributed by atoms with Crippen LogP contribution < -0.4 is 10.6 Å². The molecule has 0 saturated carbocycles. The van der Waals surface area contributed by atoms with Crippen LogP contribution in [0.25, 0.3) is 0 Å². The van der Waals surface area contributed by atoms with Gasteiger partial charge in [-0.1, -0.05) is 0 Å². The fraction of sp³-hybridized carbons (Fsp3) is 0.909. The molecule has 1 unspecified atom stereocenters. The Morgan fingerprint density at radius 2 is 2.27 bits per heavy atom. The van der Waals surface area contributed by atoms with Crippen LogP contribution in [0.1, 0.15) is 25.7 Å². The van der Waals surface area contributed by atoms with Crippen LogP contribution in [0, 0.1) is 0 Å². The molecular formula is C11H23N3O. The number of carbonyl (C=O) groups excluding carboxylic acids is 1. The molecule has 0 aromatic heterocycles. The molecule has 1 amide bonds. The van der Waals surface area contributed by atoms with E-state index in [1.165, 1.54) is 25.8 Å². The first-order valence-corrected chi connectivity index (χ1v) is 5.85. The number of amides is 1. The summed E-state index contributed by atoms with van der Waals surface area (Å²) >= 11 is 0. The Bertz CT molecular complexity index is 196. The standard InChI is InChI=1S/C11H23N3O/c1-12-11(15)6-8-13-7-5-10-4-3-9-14(10)2/h10,13H,3-9H2,1-2H3,(H,12,15). The molecule has 0 spiro atoms. The Kier molecular flexibility index (Phi) is 5.65. The van der Waals surface area contributed by atoms with Gasteiger partial charge in [0.25, 0.3) is 0 Å². The lowest BCUT2D eigenvalue weighted by Crippen LogP contribution is -2.30. The van der Waals surface area contributed by atoms with Crippen molar-refractivity contribution in [3.05, 3.63) is 0 Å². The Morgan fingerprint density at radius 3 is 2.87 bits per heavy atom. The van der Waals surface area contributed by atoms with E-state index in [9.17, 15) is 4.79 Å². The summed E-state index contributed by atoms with van der Waals surface area (Å²) in [7, 11) is 3.87. The summed E-state index contributed by atoms with van der Waals surface area (Å²) < 4.78 is 0. The Morgan fingerprint density at radius 1 is 1.47 bits per heavy atom. The van der Waals surface area contributed by atoms with Gasteiger partial charge in [0.15, 0.2) is 0 Å². The van der Waals surface area contributed by atoms with Crippen LogP contribution in [-0.2, 0) is 4.79 Å². The van der Waals surface area contributed by atoms with Crippen molar-refractivity contribution in [1.29, 1.82) is 0 Å². The first-order valence-electron chi connectivity index (χ1n) is 5.85. The van der Waals surface area contributed by atoms with Crippen molar-refractivity contribution in [2.24, 2.45) is 0 Å². The van der Waals surface area contributed by atoms with Gasteiger partial charge in [0.1, 0.15) is 0 Å². The fourth-order valence-corrected chi connectivity index (χ4v) is 2.06. The number of nitrogens with zero attached hydrogens (tertiary/aromatic N) is 1. The molecule has 1 aliphatic rings. The number of hydrogen-bond donors (Lipinski definition) is 2. The number of nitrogens with one attached hydrogen (secondary N) is 2. The lowest BCUT2D eigenvalue weighted by molar-refractivity contribution is -0.120.